The molecule has 98 valence electrons. The van der Waals surface area contributed by atoms with E-state index in [4.69, 9.17) is 9.47 Å². The lowest BCUT2D eigenvalue weighted by Gasteiger charge is -2.24. The minimum Gasteiger partial charge on any atom is -0.454 e. The molecule has 3 rings (SSSR count). The van der Waals surface area contributed by atoms with Crippen molar-refractivity contribution in [2.45, 2.75) is 31.6 Å². The van der Waals surface area contributed by atoms with Crippen molar-refractivity contribution in [3.8, 4) is 11.5 Å². The first-order valence-electron chi connectivity index (χ1n) is 6.92. The van der Waals surface area contributed by atoms with Gasteiger partial charge in [0.25, 0.3) is 0 Å². The van der Waals surface area contributed by atoms with Crippen LogP contribution in [0.25, 0.3) is 0 Å². The van der Waals surface area contributed by atoms with Gasteiger partial charge in [0.15, 0.2) is 11.5 Å². The predicted molar refractivity (Wildman–Crippen MR) is 71.2 cm³/mol. The van der Waals surface area contributed by atoms with Gasteiger partial charge in [0.1, 0.15) is 0 Å². The molecule has 0 amide bonds. The first-order valence-corrected chi connectivity index (χ1v) is 6.92. The quantitative estimate of drug-likeness (QED) is 0.887. The van der Waals surface area contributed by atoms with Crippen LogP contribution in [0.1, 0.15) is 37.2 Å². The minimum absolute atomic E-state index is 0.360. The molecule has 0 aromatic heterocycles. The van der Waals surface area contributed by atoms with Crippen LogP contribution in [0.3, 0.4) is 0 Å². The van der Waals surface area contributed by atoms with Crippen LogP contribution in [0.15, 0.2) is 18.2 Å². The Labute approximate surface area is 108 Å². The van der Waals surface area contributed by atoms with Gasteiger partial charge in [-0.05, 0) is 49.4 Å². The zero-order valence-corrected chi connectivity index (χ0v) is 10.9. The largest absolute Gasteiger partial charge is 0.454 e. The molecule has 1 N–H and O–H groups in total. The molecular formula is C15H21NO2. The summed E-state index contributed by atoms with van der Waals surface area (Å²) in [5.41, 5.74) is 1.39. The molecule has 0 saturated heterocycles. The third kappa shape index (κ3) is 2.19. The highest BCUT2D eigenvalue weighted by molar-refractivity contribution is 5.45. The molecule has 1 aromatic rings. The Morgan fingerprint density at radius 2 is 2.00 bits per heavy atom. The molecule has 1 aliphatic heterocycles. The predicted octanol–water partition coefficient (Wildman–Crippen LogP) is 2.91. The number of benzene rings is 1. The van der Waals surface area contributed by atoms with Gasteiger partial charge in [0.05, 0.1) is 0 Å². The molecule has 1 aromatic carbocycles. The Balaban J connectivity index is 1.84. The van der Waals surface area contributed by atoms with Crippen LogP contribution in [-0.2, 0) is 0 Å². The topological polar surface area (TPSA) is 30.5 Å². The second kappa shape index (κ2) is 5.19. The maximum Gasteiger partial charge on any atom is 0.231 e. The van der Waals surface area contributed by atoms with E-state index in [1.54, 1.807) is 0 Å². The van der Waals surface area contributed by atoms with Gasteiger partial charge in [0.2, 0.25) is 6.79 Å². The van der Waals surface area contributed by atoms with Gasteiger partial charge >= 0.3 is 0 Å². The van der Waals surface area contributed by atoms with Crippen LogP contribution in [0.2, 0.25) is 0 Å². The van der Waals surface area contributed by atoms with Gasteiger partial charge < -0.3 is 14.8 Å². The molecular weight excluding hydrogens is 226 g/mol. The average Bonchev–Trinajstić information content (AvgIpc) is 3.05. The van der Waals surface area contributed by atoms with Gasteiger partial charge in [-0.1, -0.05) is 18.9 Å². The summed E-state index contributed by atoms with van der Waals surface area (Å²) in [6, 6.07) is 6.42. The fourth-order valence-electron chi connectivity index (χ4n) is 3.28. The van der Waals surface area contributed by atoms with E-state index in [1.807, 2.05) is 7.05 Å². The van der Waals surface area contributed by atoms with Crippen LogP contribution >= 0.6 is 0 Å². The summed E-state index contributed by atoms with van der Waals surface area (Å²) in [6.45, 7) is 1.41. The summed E-state index contributed by atoms with van der Waals surface area (Å²) in [4.78, 5) is 0. The van der Waals surface area contributed by atoms with Crippen molar-refractivity contribution in [2.75, 3.05) is 20.4 Å². The van der Waals surface area contributed by atoms with E-state index in [0.29, 0.717) is 12.7 Å². The Morgan fingerprint density at radius 3 is 2.78 bits per heavy atom. The van der Waals surface area contributed by atoms with Crippen molar-refractivity contribution < 1.29 is 9.47 Å². The summed E-state index contributed by atoms with van der Waals surface area (Å²) in [5.74, 6) is 3.21. The molecule has 0 bridgehead atoms. The number of hydrogen-bond acceptors (Lipinski definition) is 3. The van der Waals surface area contributed by atoms with Crippen molar-refractivity contribution in [1.29, 1.82) is 0 Å². The van der Waals surface area contributed by atoms with Crippen molar-refractivity contribution in [3.05, 3.63) is 23.8 Å². The Morgan fingerprint density at radius 1 is 1.22 bits per heavy atom. The maximum atomic E-state index is 5.49. The second-order valence-electron chi connectivity index (χ2n) is 5.32. The minimum atomic E-state index is 0.360. The number of nitrogens with one attached hydrogen (secondary N) is 1. The molecule has 3 heteroatoms. The normalized spacial score (nSPS) is 20.3. The summed E-state index contributed by atoms with van der Waals surface area (Å²) in [7, 11) is 2.04. The number of hydrogen-bond donors (Lipinski definition) is 1. The highest BCUT2D eigenvalue weighted by atomic mass is 16.7. The smallest absolute Gasteiger partial charge is 0.231 e. The summed E-state index contributed by atoms with van der Waals surface area (Å²) < 4.78 is 10.9. The van der Waals surface area contributed by atoms with Crippen molar-refractivity contribution in [2.24, 2.45) is 5.92 Å². The molecule has 3 nitrogen and oxygen atoms in total. The Hall–Kier alpha value is -1.22. The molecule has 1 atom stereocenters. The summed E-state index contributed by atoms with van der Waals surface area (Å²) in [6.07, 6.45) is 5.49. The van der Waals surface area contributed by atoms with Gasteiger partial charge in [-0.25, -0.2) is 0 Å². The van der Waals surface area contributed by atoms with E-state index in [9.17, 15) is 0 Å². The van der Waals surface area contributed by atoms with Crippen molar-refractivity contribution in [3.63, 3.8) is 0 Å². The lowest BCUT2D eigenvalue weighted by molar-refractivity contribution is 0.174. The maximum absolute atomic E-state index is 5.49. The molecule has 1 fully saturated rings. The van der Waals surface area contributed by atoms with Gasteiger partial charge in [0, 0.05) is 6.54 Å². The molecule has 2 aliphatic rings. The first kappa shape index (κ1) is 11.8. The van der Waals surface area contributed by atoms with E-state index in [-0.39, 0.29) is 0 Å². The third-order valence-electron chi connectivity index (χ3n) is 4.22. The Kier molecular flexibility index (Phi) is 3.41. The molecule has 1 saturated carbocycles. The number of rotatable bonds is 4. The van der Waals surface area contributed by atoms with E-state index in [0.717, 1.165) is 24.0 Å². The molecule has 1 unspecified atom stereocenters. The summed E-state index contributed by atoms with van der Waals surface area (Å²) >= 11 is 0. The first-order chi connectivity index (χ1) is 8.88. The average molecular weight is 247 g/mol. The third-order valence-corrected chi connectivity index (χ3v) is 4.22. The van der Waals surface area contributed by atoms with Crippen LogP contribution in [0.4, 0.5) is 0 Å². The zero-order chi connectivity index (χ0) is 12.4. The van der Waals surface area contributed by atoms with Crippen LogP contribution < -0.4 is 14.8 Å². The number of likely N-dealkylation sites (N-methyl/N-ethyl adjacent to an activating group) is 1. The SMILES string of the molecule is CNCC(c1ccc2c(c1)OCO2)C1CCCC1. The zero-order valence-electron chi connectivity index (χ0n) is 10.9. The fraction of sp³-hybridized carbons (Fsp3) is 0.600. The van der Waals surface area contributed by atoms with Gasteiger partial charge in [-0.2, -0.15) is 0 Å². The van der Waals surface area contributed by atoms with E-state index >= 15 is 0 Å². The van der Waals surface area contributed by atoms with E-state index in [2.05, 4.69) is 23.5 Å². The van der Waals surface area contributed by atoms with Crippen molar-refractivity contribution >= 4 is 0 Å². The standard InChI is InChI=1S/C15H21NO2/c1-16-9-13(11-4-2-3-5-11)12-6-7-14-15(8-12)18-10-17-14/h6-8,11,13,16H,2-5,9-10H2,1H3. The Bertz CT molecular complexity index is 413. The monoisotopic (exact) mass is 247 g/mol. The lowest BCUT2D eigenvalue weighted by atomic mass is 9.84. The highest BCUT2D eigenvalue weighted by Gasteiger charge is 2.27. The molecule has 1 aliphatic carbocycles. The van der Waals surface area contributed by atoms with Crippen LogP contribution in [-0.4, -0.2) is 20.4 Å². The van der Waals surface area contributed by atoms with E-state index in [1.165, 1.54) is 31.2 Å². The summed E-state index contributed by atoms with van der Waals surface area (Å²) in [5, 5.41) is 3.34. The highest BCUT2D eigenvalue weighted by Crippen LogP contribution is 2.40. The van der Waals surface area contributed by atoms with Crippen LogP contribution in [0.5, 0.6) is 11.5 Å². The molecule has 18 heavy (non-hydrogen) atoms. The van der Waals surface area contributed by atoms with E-state index < -0.39 is 0 Å². The fourth-order valence-corrected chi connectivity index (χ4v) is 3.28. The molecule has 0 radical (unpaired) electrons. The second-order valence-corrected chi connectivity index (χ2v) is 5.32. The van der Waals surface area contributed by atoms with Crippen molar-refractivity contribution in [1.82, 2.24) is 5.32 Å². The molecule has 0 spiro atoms. The lowest BCUT2D eigenvalue weighted by Crippen LogP contribution is -2.22. The van der Waals surface area contributed by atoms with Crippen LogP contribution in [0, 0.1) is 5.92 Å². The number of fused-ring (bicyclic) bond motifs is 1. The molecule has 1 heterocycles. The number of ether oxygens (including phenoxy) is 2. The van der Waals surface area contributed by atoms with Gasteiger partial charge in [-0.3, -0.25) is 0 Å². The van der Waals surface area contributed by atoms with Gasteiger partial charge in [-0.15, -0.1) is 0 Å².